The molecule has 0 bridgehead atoms. The number of esters is 4. The summed E-state index contributed by atoms with van der Waals surface area (Å²) in [6.45, 7) is 0.553. The maximum atomic E-state index is 12.5. The average molecular weight is 572 g/mol. The van der Waals surface area contributed by atoms with Crippen LogP contribution in [-0.4, -0.2) is 76.4 Å². The number of hydrogen-bond acceptors (Lipinski definition) is 11. The molecule has 13 nitrogen and oxygen atoms in total. The predicted molar refractivity (Wildman–Crippen MR) is 137 cm³/mol. The van der Waals surface area contributed by atoms with Crippen LogP contribution in [0.1, 0.15) is 57.8 Å². The van der Waals surface area contributed by atoms with Crippen molar-refractivity contribution in [3.05, 3.63) is 24.3 Å². The minimum atomic E-state index is -1.49. The van der Waals surface area contributed by atoms with E-state index in [2.05, 4.69) is 0 Å². The molecule has 1 atom stereocenters. The first-order chi connectivity index (χ1) is 19.5. The summed E-state index contributed by atoms with van der Waals surface area (Å²) in [5.74, 6) is -5.99. The molecule has 2 aliphatic heterocycles. The number of rotatable bonds is 9. The second-order valence-electron chi connectivity index (χ2n) is 11.0. The van der Waals surface area contributed by atoms with Gasteiger partial charge in [0.1, 0.15) is 6.04 Å². The van der Waals surface area contributed by atoms with Gasteiger partial charge in [0.15, 0.2) is 0 Å². The Labute approximate surface area is 236 Å². The van der Waals surface area contributed by atoms with E-state index in [9.17, 15) is 38.4 Å². The molecule has 4 amide bonds. The summed E-state index contributed by atoms with van der Waals surface area (Å²) in [7, 11) is 0. The summed E-state index contributed by atoms with van der Waals surface area (Å²) in [6, 6.07) is -1.49. The maximum Gasteiger partial charge on any atom is 0.331 e. The Morgan fingerprint density at radius 1 is 0.659 bits per heavy atom. The van der Waals surface area contributed by atoms with Gasteiger partial charge in [0.2, 0.25) is 0 Å². The van der Waals surface area contributed by atoms with Crippen molar-refractivity contribution in [2.75, 3.05) is 13.1 Å². The van der Waals surface area contributed by atoms with E-state index >= 15 is 0 Å². The fourth-order valence-corrected chi connectivity index (χ4v) is 5.66. The minimum absolute atomic E-state index is 0.0444. The monoisotopic (exact) mass is 571 g/mol. The summed E-state index contributed by atoms with van der Waals surface area (Å²) < 4.78 is 9.76. The largest absolute Gasteiger partial charge is 0.393 e. The molecule has 2 saturated carbocycles. The molecule has 220 valence electrons. The lowest BCUT2D eigenvalue weighted by atomic mass is 9.82. The first-order valence-electron chi connectivity index (χ1n) is 13.8. The molecule has 0 aromatic heterocycles. The van der Waals surface area contributed by atoms with E-state index in [1.807, 2.05) is 0 Å². The molecule has 0 spiro atoms. The minimum Gasteiger partial charge on any atom is -0.393 e. The molecule has 4 aliphatic rings. The van der Waals surface area contributed by atoms with E-state index in [1.54, 1.807) is 0 Å². The zero-order chi connectivity index (χ0) is 29.7. The Balaban J connectivity index is 1.12. The molecule has 2 heterocycles. The second kappa shape index (κ2) is 13.1. The first-order valence-corrected chi connectivity index (χ1v) is 13.8. The zero-order valence-electron chi connectivity index (χ0n) is 22.5. The van der Waals surface area contributed by atoms with Crippen LogP contribution in [0.3, 0.4) is 0 Å². The van der Waals surface area contributed by atoms with Crippen LogP contribution in [0.15, 0.2) is 24.3 Å². The lowest BCUT2D eigenvalue weighted by molar-refractivity contribution is -0.169. The summed E-state index contributed by atoms with van der Waals surface area (Å²) in [5, 5.41) is 0. The van der Waals surface area contributed by atoms with Gasteiger partial charge in [-0.25, -0.2) is 4.79 Å². The quantitative estimate of drug-likeness (QED) is 0.228. The van der Waals surface area contributed by atoms with E-state index < -0.39 is 48.2 Å². The van der Waals surface area contributed by atoms with Crippen molar-refractivity contribution in [1.82, 2.24) is 9.80 Å². The average Bonchev–Trinajstić information content (AvgIpc) is 3.43. The summed E-state index contributed by atoms with van der Waals surface area (Å²) in [5.41, 5.74) is 5.73. The molecular weight excluding hydrogens is 538 g/mol. The van der Waals surface area contributed by atoms with Gasteiger partial charge in [0.25, 0.3) is 23.6 Å². The van der Waals surface area contributed by atoms with Crippen LogP contribution in [0.4, 0.5) is 0 Å². The Hall–Kier alpha value is -4.00. The van der Waals surface area contributed by atoms with Crippen LogP contribution in [0.2, 0.25) is 0 Å². The van der Waals surface area contributed by atoms with Gasteiger partial charge in [-0.3, -0.25) is 43.4 Å². The highest BCUT2D eigenvalue weighted by molar-refractivity contribution is 6.13. The summed E-state index contributed by atoms with van der Waals surface area (Å²) in [4.78, 5) is 98.7. The van der Waals surface area contributed by atoms with Gasteiger partial charge < -0.3 is 15.2 Å². The van der Waals surface area contributed by atoms with E-state index in [-0.39, 0.29) is 48.6 Å². The molecule has 13 heteroatoms. The number of ether oxygens (including phenoxy) is 2. The van der Waals surface area contributed by atoms with Gasteiger partial charge in [0.05, 0.1) is 18.3 Å². The van der Waals surface area contributed by atoms with Crippen LogP contribution in [0.25, 0.3) is 0 Å². The highest BCUT2D eigenvalue weighted by Crippen LogP contribution is 2.32. The number of nitrogens with zero attached hydrogens (tertiary/aromatic N) is 2. The molecule has 0 aromatic carbocycles. The van der Waals surface area contributed by atoms with Crippen LogP contribution in [-0.2, 0) is 47.8 Å². The smallest absolute Gasteiger partial charge is 0.331 e. The normalized spacial score (nSPS) is 26.9. The number of carbonyl (C=O) groups excluding carboxylic acids is 8. The molecular formula is C28H33N3O10. The third kappa shape index (κ3) is 7.60. The van der Waals surface area contributed by atoms with Crippen LogP contribution < -0.4 is 5.73 Å². The van der Waals surface area contributed by atoms with Crippen LogP contribution >= 0.6 is 0 Å². The molecule has 2 N–H and O–H groups in total. The molecule has 4 rings (SSSR count). The van der Waals surface area contributed by atoms with E-state index in [4.69, 9.17) is 15.2 Å². The Morgan fingerprint density at radius 2 is 1.02 bits per heavy atom. The van der Waals surface area contributed by atoms with Gasteiger partial charge >= 0.3 is 23.9 Å². The van der Waals surface area contributed by atoms with Gasteiger partial charge in [-0.15, -0.1) is 0 Å². The Kier molecular flexibility index (Phi) is 9.58. The third-order valence-corrected chi connectivity index (χ3v) is 8.15. The van der Waals surface area contributed by atoms with Crippen molar-refractivity contribution >= 4 is 47.5 Å². The fourth-order valence-electron chi connectivity index (χ4n) is 5.66. The van der Waals surface area contributed by atoms with Crippen LogP contribution in [0, 0.1) is 23.7 Å². The molecule has 0 radical (unpaired) electrons. The maximum absolute atomic E-state index is 12.5. The molecule has 0 aromatic rings. The zero-order valence-corrected chi connectivity index (χ0v) is 22.5. The highest BCUT2D eigenvalue weighted by Gasteiger charge is 2.35. The Bertz CT molecular complexity index is 1160. The van der Waals surface area contributed by atoms with E-state index in [0.29, 0.717) is 51.4 Å². The van der Waals surface area contributed by atoms with Crippen LogP contribution in [0.5, 0.6) is 0 Å². The lowest BCUT2D eigenvalue weighted by Gasteiger charge is -2.29. The fraction of sp³-hybridized carbons (Fsp3) is 0.571. The molecule has 2 aliphatic carbocycles. The van der Waals surface area contributed by atoms with Crippen molar-refractivity contribution in [1.29, 1.82) is 0 Å². The molecule has 1 unspecified atom stereocenters. The molecule has 2 fully saturated rings. The number of amides is 4. The van der Waals surface area contributed by atoms with Crippen molar-refractivity contribution in [3.63, 3.8) is 0 Å². The topological polar surface area (TPSA) is 188 Å². The summed E-state index contributed by atoms with van der Waals surface area (Å²) >= 11 is 0. The van der Waals surface area contributed by atoms with Crippen molar-refractivity contribution in [3.8, 4) is 0 Å². The van der Waals surface area contributed by atoms with Crippen molar-refractivity contribution in [2.45, 2.75) is 63.8 Å². The summed E-state index contributed by atoms with van der Waals surface area (Å²) in [6.07, 6.45) is 8.22. The van der Waals surface area contributed by atoms with Crippen molar-refractivity contribution < 1.29 is 47.8 Å². The van der Waals surface area contributed by atoms with Gasteiger partial charge in [-0.2, -0.15) is 0 Å². The molecule has 41 heavy (non-hydrogen) atoms. The molecule has 0 saturated heterocycles. The van der Waals surface area contributed by atoms with E-state index in [1.165, 1.54) is 34.1 Å². The highest BCUT2D eigenvalue weighted by atomic mass is 16.6. The third-order valence-electron chi connectivity index (χ3n) is 8.15. The predicted octanol–water partition coefficient (Wildman–Crippen LogP) is 0.306. The lowest BCUT2D eigenvalue weighted by Crippen LogP contribution is -2.39. The number of imide groups is 2. The first kappa shape index (κ1) is 30.0. The van der Waals surface area contributed by atoms with Gasteiger partial charge in [0, 0.05) is 37.4 Å². The van der Waals surface area contributed by atoms with Crippen molar-refractivity contribution in [2.24, 2.45) is 29.4 Å². The van der Waals surface area contributed by atoms with Gasteiger partial charge in [-0.1, -0.05) is 0 Å². The Morgan fingerprint density at radius 3 is 1.41 bits per heavy atom. The number of carbonyl (C=O) groups is 8. The standard InChI is InChI=1S/C28H33N3O10/c29-20(28(39)41-27(38)19-7-3-17(4-8-19)15-31-23(34)11-12-24(31)35)13-25(36)40-26(37)18-5-1-16(2-6-18)14-30-21(32)9-10-22(30)33/h9-12,16-20H,1-8,13-15,29H2. The number of nitrogens with two attached hydrogens (primary N) is 1. The van der Waals surface area contributed by atoms with Gasteiger partial charge in [-0.05, 0) is 63.2 Å². The number of hydrogen-bond donors (Lipinski definition) is 1. The SMILES string of the molecule is NC(CC(=O)OC(=O)C1CCC(CN2C(=O)C=CC2=O)CC1)C(=O)OC(=O)C1CCC(CN2C(=O)C=CC2=O)CC1. The van der Waals surface area contributed by atoms with E-state index in [0.717, 1.165) is 0 Å². The second-order valence-corrected chi connectivity index (χ2v) is 11.0.